The number of piperidine rings is 1. The molecule has 1 heterocycles. The fourth-order valence-corrected chi connectivity index (χ4v) is 1.85. The molecule has 0 bridgehead atoms. The highest BCUT2D eigenvalue weighted by molar-refractivity contribution is 5.74. The van der Waals surface area contributed by atoms with Crippen LogP contribution in [0.1, 0.15) is 27.2 Å². The monoisotopic (exact) mass is 254 g/mol. The van der Waals surface area contributed by atoms with Crippen LogP contribution in [0.2, 0.25) is 0 Å². The summed E-state index contributed by atoms with van der Waals surface area (Å²) < 4.78 is 5.19. The summed E-state index contributed by atoms with van der Waals surface area (Å²) in [5, 5.41) is 17.9. The first kappa shape index (κ1) is 14.3. The Kier molecular flexibility index (Phi) is 4.17. The van der Waals surface area contributed by atoms with E-state index in [1.54, 1.807) is 20.8 Å². The van der Waals surface area contributed by atoms with Crippen molar-refractivity contribution in [3.8, 4) is 6.07 Å². The predicted molar refractivity (Wildman–Crippen MR) is 62.7 cm³/mol. The lowest BCUT2D eigenvalue weighted by Crippen LogP contribution is -2.47. The average molecular weight is 254 g/mol. The Morgan fingerprint density at radius 1 is 1.44 bits per heavy atom. The number of ether oxygens (including phenoxy) is 1. The molecule has 0 aromatic carbocycles. The Labute approximate surface area is 106 Å². The van der Waals surface area contributed by atoms with Gasteiger partial charge in [0.25, 0.3) is 0 Å². The third-order valence-electron chi connectivity index (χ3n) is 2.75. The van der Waals surface area contributed by atoms with Gasteiger partial charge in [0.15, 0.2) is 0 Å². The number of rotatable bonds is 1. The van der Waals surface area contributed by atoms with Crippen molar-refractivity contribution in [3.05, 3.63) is 0 Å². The zero-order chi connectivity index (χ0) is 13.9. The zero-order valence-electron chi connectivity index (χ0n) is 10.8. The highest BCUT2D eigenvalue weighted by Crippen LogP contribution is 2.24. The van der Waals surface area contributed by atoms with Crippen LogP contribution < -0.4 is 0 Å². The van der Waals surface area contributed by atoms with Crippen molar-refractivity contribution in [2.75, 3.05) is 13.1 Å². The summed E-state index contributed by atoms with van der Waals surface area (Å²) in [5.41, 5.74) is -0.609. The number of hydrogen-bond acceptors (Lipinski definition) is 4. The van der Waals surface area contributed by atoms with Crippen molar-refractivity contribution in [3.63, 3.8) is 0 Å². The first-order valence-electron chi connectivity index (χ1n) is 5.85. The molecule has 6 heteroatoms. The minimum absolute atomic E-state index is 0.0302. The number of carbonyl (C=O) groups excluding carboxylic acids is 1. The molecule has 1 aliphatic heterocycles. The van der Waals surface area contributed by atoms with E-state index in [0.29, 0.717) is 13.0 Å². The van der Waals surface area contributed by atoms with Crippen LogP contribution in [0.15, 0.2) is 0 Å². The minimum Gasteiger partial charge on any atom is -0.481 e. The van der Waals surface area contributed by atoms with Gasteiger partial charge in [-0.3, -0.25) is 4.79 Å². The standard InChI is InChI=1S/C12H18N2O4/c1-12(2,3)18-11(17)14-5-4-8(6-13)9(7-14)10(15)16/h8-9H,4-5,7H2,1-3H3,(H,15,16)/t8-,9+/m0/s1. The van der Waals surface area contributed by atoms with Crippen LogP contribution in [0.4, 0.5) is 4.79 Å². The Morgan fingerprint density at radius 3 is 2.50 bits per heavy atom. The van der Waals surface area contributed by atoms with Crippen molar-refractivity contribution >= 4 is 12.1 Å². The minimum atomic E-state index is -1.05. The summed E-state index contributed by atoms with van der Waals surface area (Å²) in [5.74, 6) is -2.42. The molecule has 0 unspecified atom stereocenters. The van der Waals surface area contributed by atoms with E-state index in [1.807, 2.05) is 6.07 Å². The summed E-state index contributed by atoms with van der Waals surface area (Å²) in [6, 6.07) is 1.98. The number of nitriles is 1. The van der Waals surface area contributed by atoms with Gasteiger partial charge >= 0.3 is 12.1 Å². The molecule has 1 rings (SSSR count). The van der Waals surface area contributed by atoms with Gasteiger partial charge in [0.2, 0.25) is 0 Å². The van der Waals surface area contributed by atoms with E-state index >= 15 is 0 Å². The SMILES string of the molecule is CC(C)(C)OC(=O)N1CC[C@@H](C#N)[C@H](C(=O)O)C1. The van der Waals surface area contributed by atoms with Gasteiger partial charge in [0.05, 0.1) is 17.9 Å². The van der Waals surface area contributed by atoms with Crippen molar-refractivity contribution in [1.29, 1.82) is 5.26 Å². The second-order valence-electron chi connectivity index (χ2n) is 5.40. The number of amides is 1. The largest absolute Gasteiger partial charge is 0.481 e. The molecule has 6 nitrogen and oxygen atoms in total. The van der Waals surface area contributed by atoms with E-state index in [-0.39, 0.29) is 6.54 Å². The van der Waals surface area contributed by atoms with Crippen molar-refractivity contribution < 1.29 is 19.4 Å². The number of hydrogen-bond donors (Lipinski definition) is 1. The Morgan fingerprint density at radius 2 is 2.06 bits per heavy atom. The van der Waals surface area contributed by atoms with E-state index in [4.69, 9.17) is 15.1 Å². The zero-order valence-corrected chi connectivity index (χ0v) is 10.8. The smallest absolute Gasteiger partial charge is 0.410 e. The molecule has 0 aliphatic carbocycles. The van der Waals surface area contributed by atoms with E-state index in [2.05, 4.69) is 0 Å². The number of likely N-dealkylation sites (tertiary alicyclic amines) is 1. The lowest BCUT2D eigenvalue weighted by Gasteiger charge is -2.34. The van der Waals surface area contributed by atoms with E-state index in [1.165, 1.54) is 4.90 Å². The lowest BCUT2D eigenvalue weighted by atomic mass is 9.87. The first-order chi connectivity index (χ1) is 8.24. The molecule has 0 spiro atoms. The maximum absolute atomic E-state index is 11.8. The Hall–Kier alpha value is -1.77. The fourth-order valence-electron chi connectivity index (χ4n) is 1.85. The number of aliphatic carboxylic acids is 1. The van der Waals surface area contributed by atoms with Crippen LogP contribution in [-0.2, 0) is 9.53 Å². The number of nitrogens with zero attached hydrogens (tertiary/aromatic N) is 2. The Bertz CT molecular complexity index is 381. The topological polar surface area (TPSA) is 90.6 Å². The highest BCUT2D eigenvalue weighted by atomic mass is 16.6. The van der Waals surface area contributed by atoms with Gasteiger partial charge in [-0.1, -0.05) is 0 Å². The normalized spacial score (nSPS) is 24.2. The van der Waals surface area contributed by atoms with Crippen LogP contribution in [-0.4, -0.2) is 40.8 Å². The third kappa shape index (κ3) is 3.62. The molecule has 1 saturated heterocycles. The molecule has 1 fully saturated rings. The number of carbonyl (C=O) groups is 2. The van der Waals surface area contributed by atoms with Gasteiger partial charge in [-0.25, -0.2) is 4.79 Å². The lowest BCUT2D eigenvalue weighted by molar-refractivity contribution is -0.144. The van der Waals surface area contributed by atoms with Gasteiger partial charge in [-0.2, -0.15) is 5.26 Å². The molecule has 1 aliphatic rings. The van der Waals surface area contributed by atoms with Gasteiger partial charge in [-0.15, -0.1) is 0 Å². The van der Waals surface area contributed by atoms with Crippen LogP contribution in [0.5, 0.6) is 0 Å². The van der Waals surface area contributed by atoms with Gasteiger partial charge < -0.3 is 14.7 Å². The van der Waals surface area contributed by atoms with Gasteiger partial charge in [0, 0.05) is 13.1 Å². The molecule has 0 aromatic rings. The van der Waals surface area contributed by atoms with Crippen LogP contribution in [0.3, 0.4) is 0 Å². The molecule has 0 radical (unpaired) electrons. The van der Waals surface area contributed by atoms with E-state index in [0.717, 1.165) is 0 Å². The van der Waals surface area contributed by atoms with E-state index in [9.17, 15) is 9.59 Å². The molecule has 100 valence electrons. The summed E-state index contributed by atoms with van der Waals surface area (Å²) in [6.45, 7) is 5.64. The second-order valence-corrected chi connectivity index (χ2v) is 5.40. The molecule has 2 atom stereocenters. The first-order valence-corrected chi connectivity index (χ1v) is 5.85. The third-order valence-corrected chi connectivity index (χ3v) is 2.75. The fraction of sp³-hybridized carbons (Fsp3) is 0.750. The second kappa shape index (κ2) is 5.25. The summed E-state index contributed by atoms with van der Waals surface area (Å²) in [4.78, 5) is 24.2. The summed E-state index contributed by atoms with van der Waals surface area (Å²) >= 11 is 0. The molecular weight excluding hydrogens is 236 g/mol. The number of carboxylic acids is 1. The van der Waals surface area contributed by atoms with Gasteiger partial charge in [0.1, 0.15) is 5.60 Å². The quantitative estimate of drug-likeness (QED) is 0.765. The molecular formula is C12H18N2O4. The average Bonchev–Trinajstić information content (AvgIpc) is 2.25. The predicted octanol–water partition coefficient (Wildman–Crippen LogP) is 1.47. The maximum atomic E-state index is 11.8. The Balaban J connectivity index is 2.69. The number of carboxylic acid groups (broad SMARTS) is 1. The van der Waals surface area contributed by atoms with Crippen LogP contribution in [0.25, 0.3) is 0 Å². The van der Waals surface area contributed by atoms with Crippen molar-refractivity contribution in [2.45, 2.75) is 32.8 Å². The van der Waals surface area contributed by atoms with Crippen molar-refractivity contribution in [1.82, 2.24) is 4.90 Å². The maximum Gasteiger partial charge on any atom is 0.410 e. The summed E-state index contributed by atoms with van der Waals surface area (Å²) in [7, 11) is 0. The van der Waals surface area contributed by atoms with E-state index < -0.39 is 29.5 Å². The molecule has 1 N–H and O–H groups in total. The van der Waals surface area contributed by atoms with Gasteiger partial charge in [-0.05, 0) is 27.2 Å². The van der Waals surface area contributed by atoms with Crippen LogP contribution >= 0.6 is 0 Å². The van der Waals surface area contributed by atoms with Crippen molar-refractivity contribution in [2.24, 2.45) is 11.8 Å². The molecule has 1 amide bonds. The molecule has 0 saturated carbocycles. The molecule has 0 aromatic heterocycles. The summed E-state index contributed by atoms with van der Waals surface area (Å²) in [6.07, 6.45) is -0.155. The van der Waals surface area contributed by atoms with Crippen LogP contribution in [0, 0.1) is 23.2 Å². The molecule has 18 heavy (non-hydrogen) atoms. The highest BCUT2D eigenvalue weighted by Gasteiger charge is 2.37.